The zero-order valence-electron chi connectivity index (χ0n) is 4.83. The first-order valence-corrected chi connectivity index (χ1v) is 3.75. The molecule has 0 aliphatic carbocycles. The van der Waals surface area contributed by atoms with Crippen LogP contribution in [0, 0.1) is 0 Å². The number of hydrogen-bond acceptors (Lipinski definition) is 1. The summed E-state index contributed by atoms with van der Waals surface area (Å²) in [6, 6.07) is 0. The first-order valence-electron chi connectivity index (χ1n) is 2.81. The van der Waals surface area contributed by atoms with Crippen molar-refractivity contribution in [1.29, 1.82) is 0 Å². The van der Waals surface area contributed by atoms with E-state index in [0.29, 0.717) is 0 Å². The molecule has 0 bridgehead atoms. The maximum Gasteiger partial charge on any atom is 0.106 e. The Morgan fingerprint density at radius 3 is 3.11 bits per heavy atom. The summed E-state index contributed by atoms with van der Waals surface area (Å²) in [5.74, 6) is 0. The average Bonchev–Trinajstić information content (AvgIpc) is 2.33. The molecule has 0 N–H and O–H groups in total. The lowest BCUT2D eigenvalue weighted by Gasteiger charge is -2.05. The third kappa shape index (κ3) is 0.754. The summed E-state index contributed by atoms with van der Waals surface area (Å²) in [6.45, 7) is 0.726. The summed E-state index contributed by atoms with van der Waals surface area (Å²) in [7, 11) is 1.71. The fraction of sp³-hybridized carbons (Fsp3) is 0.143. The minimum absolute atomic E-state index is 0.726. The maximum absolute atomic E-state index is 5.08. The van der Waals surface area contributed by atoms with Gasteiger partial charge in [0.05, 0.1) is 6.26 Å². The van der Waals surface area contributed by atoms with Crippen LogP contribution >= 0.6 is 10.9 Å². The van der Waals surface area contributed by atoms with Gasteiger partial charge in [0, 0.05) is 10.9 Å². The maximum atomic E-state index is 5.08. The van der Waals surface area contributed by atoms with Crippen LogP contribution in [-0.2, 0) is 4.74 Å². The second-order valence-electron chi connectivity index (χ2n) is 1.94. The Balaban J connectivity index is 2.46. The highest BCUT2D eigenvalue weighted by Gasteiger charge is 2.06. The molecule has 0 aromatic carbocycles. The molecule has 1 nitrogen and oxygen atoms in total. The van der Waals surface area contributed by atoms with Crippen LogP contribution in [0.4, 0.5) is 0 Å². The number of hydrogen-bond donors (Lipinski definition) is 0. The van der Waals surface area contributed by atoms with Crippen molar-refractivity contribution >= 4 is 21.7 Å². The first-order chi connectivity index (χ1) is 4.47. The summed E-state index contributed by atoms with van der Waals surface area (Å²) in [5, 5.41) is 4.22. The van der Waals surface area contributed by atoms with Gasteiger partial charge in [0.1, 0.15) is 6.61 Å². The molecule has 0 aromatic rings. The molecule has 9 heavy (non-hydrogen) atoms. The van der Waals surface area contributed by atoms with Gasteiger partial charge < -0.3 is 4.74 Å². The number of ether oxygens (including phenoxy) is 1. The van der Waals surface area contributed by atoms with E-state index in [-0.39, 0.29) is 0 Å². The van der Waals surface area contributed by atoms with Gasteiger partial charge in [-0.25, -0.2) is 0 Å². The summed E-state index contributed by atoms with van der Waals surface area (Å²) in [4.78, 5) is 0. The predicted molar refractivity (Wildman–Crippen MR) is 41.8 cm³/mol. The molecule has 2 aliphatic rings. The lowest BCUT2D eigenvalue weighted by atomic mass is 10.1. The Bertz CT molecular complexity index is 230. The van der Waals surface area contributed by atoms with E-state index < -0.39 is 0 Å². The molecule has 2 heterocycles. The van der Waals surface area contributed by atoms with E-state index in [2.05, 4.69) is 16.8 Å². The van der Waals surface area contributed by atoms with Gasteiger partial charge in [0.25, 0.3) is 0 Å². The van der Waals surface area contributed by atoms with E-state index in [1.807, 2.05) is 6.26 Å². The molecule has 0 unspecified atom stereocenters. The quantitative estimate of drug-likeness (QED) is 0.457. The minimum Gasteiger partial charge on any atom is -0.496 e. The van der Waals surface area contributed by atoms with Gasteiger partial charge in [-0.15, -0.1) is 0 Å². The second kappa shape index (κ2) is 1.88. The molecule has 2 rings (SSSR count). The lowest BCUT2D eigenvalue weighted by molar-refractivity contribution is 0.284. The Morgan fingerprint density at radius 2 is 2.22 bits per heavy atom. The molecule has 0 saturated carbocycles. The standard InChI is InChI=1S/C7H6OS/c1-2-8-3-7-5-9-4-6(1)7/h1,3-5H,2H2. The normalized spacial score (nSPS) is 21.3. The van der Waals surface area contributed by atoms with Crippen LogP contribution < -0.4 is 0 Å². The lowest BCUT2D eigenvalue weighted by Crippen LogP contribution is -1.97. The highest BCUT2D eigenvalue weighted by atomic mass is 32.1. The largest absolute Gasteiger partial charge is 0.496 e. The molecular weight excluding hydrogens is 132 g/mol. The van der Waals surface area contributed by atoms with Crippen LogP contribution in [0.5, 0.6) is 0 Å². The van der Waals surface area contributed by atoms with Gasteiger partial charge >= 0.3 is 0 Å². The van der Waals surface area contributed by atoms with E-state index in [0.717, 1.165) is 6.61 Å². The fourth-order valence-electron chi connectivity index (χ4n) is 0.854. The van der Waals surface area contributed by atoms with E-state index in [4.69, 9.17) is 4.74 Å². The van der Waals surface area contributed by atoms with Crippen LogP contribution in [0.3, 0.4) is 0 Å². The molecule has 0 atom stereocenters. The topological polar surface area (TPSA) is 9.23 Å². The molecular formula is C7H6OS. The smallest absolute Gasteiger partial charge is 0.106 e. The van der Waals surface area contributed by atoms with Crippen LogP contribution in [0.25, 0.3) is 0 Å². The first kappa shape index (κ1) is 5.06. The molecule has 0 radical (unpaired) electrons. The third-order valence-electron chi connectivity index (χ3n) is 1.33. The molecule has 0 fully saturated rings. The van der Waals surface area contributed by atoms with E-state index in [9.17, 15) is 0 Å². The Labute approximate surface area is 57.2 Å². The molecule has 0 spiro atoms. The van der Waals surface area contributed by atoms with E-state index in [1.165, 1.54) is 11.1 Å². The van der Waals surface area contributed by atoms with Crippen molar-refractivity contribution in [3.8, 4) is 0 Å². The summed E-state index contributed by atoms with van der Waals surface area (Å²) < 4.78 is 5.08. The van der Waals surface area contributed by atoms with Crippen molar-refractivity contribution in [3.05, 3.63) is 23.5 Å². The third-order valence-corrected chi connectivity index (χ3v) is 2.11. The molecule has 2 aliphatic heterocycles. The van der Waals surface area contributed by atoms with Crippen LogP contribution in [0.15, 0.2) is 23.5 Å². The van der Waals surface area contributed by atoms with Crippen LogP contribution in [0.2, 0.25) is 0 Å². The Hall–Kier alpha value is -0.760. The summed E-state index contributed by atoms with van der Waals surface area (Å²) >= 11 is 0. The van der Waals surface area contributed by atoms with Gasteiger partial charge in [0.15, 0.2) is 0 Å². The average molecular weight is 138 g/mol. The van der Waals surface area contributed by atoms with Gasteiger partial charge in [0.2, 0.25) is 0 Å². The van der Waals surface area contributed by atoms with Gasteiger partial charge in [-0.05, 0) is 17.0 Å². The molecule has 0 saturated heterocycles. The van der Waals surface area contributed by atoms with Crippen LogP contribution in [-0.4, -0.2) is 17.3 Å². The van der Waals surface area contributed by atoms with Gasteiger partial charge in [-0.3, -0.25) is 0 Å². The fourth-order valence-corrected chi connectivity index (χ4v) is 1.64. The monoisotopic (exact) mass is 138 g/mol. The van der Waals surface area contributed by atoms with Crippen molar-refractivity contribution in [3.63, 3.8) is 0 Å². The molecule has 0 amide bonds. The predicted octanol–water partition coefficient (Wildman–Crippen LogP) is 1.18. The Morgan fingerprint density at radius 1 is 1.33 bits per heavy atom. The van der Waals surface area contributed by atoms with Crippen molar-refractivity contribution in [2.45, 2.75) is 0 Å². The van der Waals surface area contributed by atoms with Gasteiger partial charge in [-0.1, -0.05) is 0 Å². The van der Waals surface area contributed by atoms with Crippen molar-refractivity contribution in [2.24, 2.45) is 0 Å². The minimum atomic E-state index is 0.726. The number of fused-ring (bicyclic) bond motifs is 1. The van der Waals surface area contributed by atoms with Gasteiger partial charge in [-0.2, -0.15) is 10.9 Å². The second-order valence-corrected chi connectivity index (χ2v) is 2.68. The van der Waals surface area contributed by atoms with Crippen molar-refractivity contribution in [2.75, 3.05) is 6.61 Å². The van der Waals surface area contributed by atoms with E-state index in [1.54, 1.807) is 10.9 Å². The highest BCUT2D eigenvalue weighted by Crippen LogP contribution is 2.15. The summed E-state index contributed by atoms with van der Waals surface area (Å²) in [6.07, 6.45) is 3.90. The number of rotatable bonds is 0. The van der Waals surface area contributed by atoms with Crippen molar-refractivity contribution < 1.29 is 4.74 Å². The molecule has 46 valence electrons. The summed E-state index contributed by atoms with van der Waals surface area (Å²) in [5.41, 5.74) is 2.53. The zero-order chi connectivity index (χ0) is 6.10. The Kier molecular flexibility index (Phi) is 1.06. The van der Waals surface area contributed by atoms with E-state index >= 15 is 0 Å². The molecule has 2 heteroatoms. The number of allylic oxidation sites excluding steroid dienone is 2. The molecule has 0 aromatic heterocycles. The van der Waals surface area contributed by atoms with Crippen LogP contribution in [0.1, 0.15) is 0 Å². The zero-order valence-corrected chi connectivity index (χ0v) is 5.65. The highest BCUT2D eigenvalue weighted by molar-refractivity contribution is 7.97. The SMILES string of the molecule is C1=S=CC2=COCC=C12. The van der Waals surface area contributed by atoms with Crippen molar-refractivity contribution in [1.82, 2.24) is 0 Å².